The molecule has 3 N–H and O–H groups in total. The van der Waals surface area contributed by atoms with Crippen LogP contribution in [0.5, 0.6) is 0 Å². The smallest absolute Gasteiger partial charge is 0.237 e. The van der Waals surface area contributed by atoms with Crippen molar-refractivity contribution in [1.82, 2.24) is 10.3 Å². The van der Waals surface area contributed by atoms with Crippen molar-refractivity contribution in [1.29, 1.82) is 0 Å². The lowest BCUT2D eigenvalue weighted by Gasteiger charge is -2.08. The molecule has 1 aromatic heterocycles. The van der Waals surface area contributed by atoms with Crippen molar-refractivity contribution in [3.8, 4) is 0 Å². The molecule has 1 atom stereocenters. The Morgan fingerprint density at radius 2 is 2.64 bits per heavy atom. The number of nitrogens with two attached hydrogens (primary N) is 1. The zero-order valence-electron chi connectivity index (χ0n) is 7.77. The number of aromatic nitrogens is 1. The molecular formula is C9H13N3OS. The molecule has 0 fully saturated rings. The number of thiazole rings is 1. The Kier molecular flexibility index (Phi) is 4.28. The molecule has 76 valence electrons. The predicted octanol–water partition coefficient (Wildman–Crippen LogP) is 0.663. The zero-order chi connectivity index (χ0) is 10.4. The van der Waals surface area contributed by atoms with E-state index in [0.717, 1.165) is 5.01 Å². The summed E-state index contributed by atoms with van der Waals surface area (Å²) in [6.07, 6.45) is 3.83. The van der Waals surface area contributed by atoms with Crippen LogP contribution >= 0.6 is 11.3 Å². The number of nitrogens with one attached hydrogen (secondary N) is 1. The van der Waals surface area contributed by atoms with Gasteiger partial charge in [0.25, 0.3) is 0 Å². The Morgan fingerprint density at radius 1 is 1.86 bits per heavy atom. The molecule has 1 aromatic rings. The Morgan fingerprint density at radius 3 is 3.21 bits per heavy atom. The fourth-order valence-electron chi connectivity index (χ4n) is 0.921. The van der Waals surface area contributed by atoms with Gasteiger partial charge < -0.3 is 11.1 Å². The van der Waals surface area contributed by atoms with E-state index in [1.54, 1.807) is 12.3 Å². The first-order valence-electron chi connectivity index (χ1n) is 4.26. The molecule has 0 saturated carbocycles. The average molecular weight is 211 g/mol. The molecule has 1 heterocycles. The lowest BCUT2D eigenvalue weighted by molar-refractivity contribution is -0.122. The molecular weight excluding hydrogens is 198 g/mol. The van der Waals surface area contributed by atoms with E-state index in [4.69, 9.17) is 5.73 Å². The van der Waals surface area contributed by atoms with E-state index in [0.29, 0.717) is 13.0 Å². The van der Waals surface area contributed by atoms with E-state index in [1.165, 1.54) is 11.3 Å². The SMILES string of the molecule is C=CCC(N)C(=O)NCc1nccs1. The minimum atomic E-state index is -0.507. The molecule has 0 bridgehead atoms. The van der Waals surface area contributed by atoms with Gasteiger partial charge in [-0.3, -0.25) is 4.79 Å². The van der Waals surface area contributed by atoms with Gasteiger partial charge in [0.2, 0.25) is 5.91 Å². The molecule has 1 amide bonds. The first kappa shape index (κ1) is 10.9. The third-order valence-electron chi connectivity index (χ3n) is 1.65. The van der Waals surface area contributed by atoms with Crippen molar-refractivity contribution >= 4 is 17.2 Å². The maximum atomic E-state index is 11.3. The minimum Gasteiger partial charge on any atom is -0.348 e. The molecule has 0 spiro atoms. The maximum absolute atomic E-state index is 11.3. The molecule has 1 rings (SSSR count). The van der Waals surface area contributed by atoms with Gasteiger partial charge in [0, 0.05) is 11.6 Å². The monoisotopic (exact) mass is 211 g/mol. The summed E-state index contributed by atoms with van der Waals surface area (Å²) >= 11 is 1.50. The Balaban J connectivity index is 2.31. The van der Waals surface area contributed by atoms with E-state index in [-0.39, 0.29) is 5.91 Å². The third-order valence-corrected chi connectivity index (χ3v) is 2.43. The van der Waals surface area contributed by atoms with Crippen molar-refractivity contribution in [3.63, 3.8) is 0 Å². The Labute approximate surface area is 86.8 Å². The first-order valence-corrected chi connectivity index (χ1v) is 5.14. The summed E-state index contributed by atoms with van der Waals surface area (Å²) < 4.78 is 0. The predicted molar refractivity (Wildman–Crippen MR) is 56.8 cm³/mol. The van der Waals surface area contributed by atoms with Gasteiger partial charge in [0.05, 0.1) is 12.6 Å². The molecule has 5 heteroatoms. The topological polar surface area (TPSA) is 68.0 Å². The number of hydrogen-bond donors (Lipinski definition) is 2. The third kappa shape index (κ3) is 3.27. The van der Waals surface area contributed by atoms with Gasteiger partial charge >= 0.3 is 0 Å². The number of hydrogen-bond acceptors (Lipinski definition) is 4. The first-order chi connectivity index (χ1) is 6.74. The second-order valence-corrected chi connectivity index (χ2v) is 3.75. The van der Waals surface area contributed by atoms with Gasteiger partial charge in [-0.2, -0.15) is 0 Å². The second kappa shape index (κ2) is 5.51. The van der Waals surface area contributed by atoms with Crippen LogP contribution in [0.15, 0.2) is 24.2 Å². The summed E-state index contributed by atoms with van der Waals surface area (Å²) in [4.78, 5) is 15.4. The largest absolute Gasteiger partial charge is 0.348 e. The fourth-order valence-corrected chi connectivity index (χ4v) is 1.48. The summed E-state index contributed by atoms with van der Waals surface area (Å²) in [5.74, 6) is -0.167. The number of nitrogens with zero attached hydrogens (tertiary/aromatic N) is 1. The summed E-state index contributed by atoms with van der Waals surface area (Å²) in [6.45, 7) is 3.97. The fraction of sp³-hybridized carbons (Fsp3) is 0.333. The standard InChI is InChI=1S/C9H13N3OS/c1-2-3-7(10)9(13)12-6-8-11-4-5-14-8/h2,4-5,7H,1,3,6,10H2,(H,12,13). The van der Waals surface area contributed by atoms with Crippen molar-refractivity contribution in [2.24, 2.45) is 5.73 Å². The maximum Gasteiger partial charge on any atom is 0.237 e. The Bertz CT molecular complexity index is 297. The van der Waals surface area contributed by atoms with Crippen molar-refractivity contribution in [2.45, 2.75) is 19.0 Å². The van der Waals surface area contributed by atoms with Crippen molar-refractivity contribution < 1.29 is 4.79 Å². The molecule has 0 aliphatic carbocycles. The van der Waals surface area contributed by atoms with Crippen molar-refractivity contribution in [3.05, 3.63) is 29.2 Å². The second-order valence-electron chi connectivity index (χ2n) is 2.77. The quantitative estimate of drug-likeness (QED) is 0.703. The normalized spacial score (nSPS) is 12.1. The van der Waals surface area contributed by atoms with Crippen LogP contribution in [0.2, 0.25) is 0 Å². The van der Waals surface area contributed by atoms with Gasteiger partial charge in [0.15, 0.2) is 0 Å². The van der Waals surface area contributed by atoms with E-state index < -0.39 is 6.04 Å². The highest BCUT2D eigenvalue weighted by Gasteiger charge is 2.10. The van der Waals surface area contributed by atoms with E-state index in [2.05, 4.69) is 16.9 Å². The van der Waals surface area contributed by atoms with Gasteiger partial charge in [-0.1, -0.05) is 6.08 Å². The molecule has 0 aliphatic rings. The summed E-state index contributed by atoms with van der Waals surface area (Å²) in [6, 6.07) is -0.507. The zero-order valence-corrected chi connectivity index (χ0v) is 8.59. The van der Waals surface area contributed by atoms with Gasteiger partial charge in [0.1, 0.15) is 5.01 Å². The van der Waals surface area contributed by atoms with E-state index in [1.807, 2.05) is 5.38 Å². The van der Waals surface area contributed by atoms with Crippen LogP contribution in [0.1, 0.15) is 11.4 Å². The number of rotatable bonds is 5. The average Bonchev–Trinajstić information content (AvgIpc) is 2.67. The summed E-state index contributed by atoms with van der Waals surface area (Å²) in [5, 5.41) is 5.45. The van der Waals surface area contributed by atoms with Gasteiger partial charge in [-0.15, -0.1) is 17.9 Å². The van der Waals surface area contributed by atoms with E-state index >= 15 is 0 Å². The lowest BCUT2D eigenvalue weighted by atomic mass is 10.2. The Hall–Kier alpha value is -1.20. The highest BCUT2D eigenvalue weighted by Crippen LogP contribution is 2.02. The molecule has 0 aromatic carbocycles. The minimum absolute atomic E-state index is 0.167. The van der Waals surface area contributed by atoms with Crippen LogP contribution in [0.25, 0.3) is 0 Å². The van der Waals surface area contributed by atoms with Gasteiger partial charge in [-0.05, 0) is 6.42 Å². The van der Waals surface area contributed by atoms with Gasteiger partial charge in [-0.25, -0.2) is 4.98 Å². The highest BCUT2D eigenvalue weighted by atomic mass is 32.1. The summed E-state index contributed by atoms with van der Waals surface area (Å²) in [7, 11) is 0. The summed E-state index contributed by atoms with van der Waals surface area (Å²) in [5.41, 5.74) is 5.57. The molecule has 0 aliphatic heterocycles. The molecule has 0 radical (unpaired) electrons. The van der Waals surface area contributed by atoms with Crippen LogP contribution in [-0.4, -0.2) is 16.9 Å². The van der Waals surface area contributed by atoms with Crippen LogP contribution in [-0.2, 0) is 11.3 Å². The molecule has 1 unspecified atom stereocenters. The highest BCUT2D eigenvalue weighted by molar-refractivity contribution is 7.09. The molecule has 14 heavy (non-hydrogen) atoms. The lowest BCUT2D eigenvalue weighted by Crippen LogP contribution is -2.39. The van der Waals surface area contributed by atoms with Crippen LogP contribution in [0.4, 0.5) is 0 Å². The molecule has 4 nitrogen and oxygen atoms in total. The van der Waals surface area contributed by atoms with Crippen molar-refractivity contribution in [2.75, 3.05) is 0 Å². The van der Waals surface area contributed by atoms with Crippen LogP contribution in [0, 0.1) is 0 Å². The number of carbonyl (C=O) groups is 1. The molecule has 0 saturated heterocycles. The van der Waals surface area contributed by atoms with Crippen LogP contribution in [0.3, 0.4) is 0 Å². The number of amides is 1. The van der Waals surface area contributed by atoms with E-state index in [9.17, 15) is 4.79 Å². The number of carbonyl (C=O) groups excluding carboxylic acids is 1. The van der Waals surface area contributed by atoms with Crippen LogP contribution < -0.4 is 11.1 Å².